The number of benzene rings is 1. The minimum absolute atomic E-state index is 0.0578. The molecule has 1 aliphatic heterocycles. The van der Waals surface area contributed by atoms with Crippen molar-refractivity contribution in [3.05, 3.63) is 28.5 Å². The number of hydrogen-bond donors (Lipinski definition) is 0. The number of morpholine rings is 1. The number of sulfonamides is 1. The lowest BCUT2D eigenvalue weighted by Crippen LogP contribution is -2.46. The lowest BCUT2D eigenvalue weighted by Gasteiger charge is -2.32. The quantitative estimate of drug-likeness (QED) is 0.794. The normalized spacial score (nSPS) is 21.1. The molecule has 1 aromatic rings. The van der Waals surface area contributed by atoms with Crippen molar-refractivity contribution in [2.75, 3.05) is 19.8 Å². The Kier molecular flexibility index (Phi) is 4.92. The van der Waals surface area contributed by atoms with Crippen molar-refractivity contribution in [1.82, 2.24) is 4.31 Å². The zero-order chi connectivity index (χ0) is 14.9. The van der Waals surface area contributed by atoms with Crippen molar-refractivity contribution in [3.63, 3.8) is 0 Å². The molecule has 0 bridgehead atoms. The lowest BCUT2D eigenvalue weighted by atomic mass is 10.2. The third-order valence-electron chi connectivity index (χ3n) is 3.13. The molecule has 4 nitrogen and oxygen atoms in total. The first-order valence-corrected chi connectivity index (χ1v) is 8.36. The summed E-state index contributed by atoms with van der Waals surface area (Å²) in [5.74, 6) is -0.845. The van der Waals surface area contributed by atoms with E-state index in [1.165, 1.54) is 10.4 Å². The molecule has 2 rings (SSSR count). The maximum absolute atomic E-state index is 13.7. The molecule has 1 unspecified atom stereocenters. The van der Waals surface area contributed by atoms with Crippen LogP contribution in [0.2, 0.25) is 5.02 Å². The van der Waals surface area contributed by atoms with Crippen LogP contribution in [-0.4, -0.2) is 38.5 Å². The minimum atomic E-state index is -3.79. The van der Waals surface area contributed by atoms with Gasteiger partial charge in [-0.15, -0.1) is 11.6 Å². The predicted octanol–water partition coefficient (Wildman–Crippen LogP) is 2.63. The molecule has 20 heavy (non-hydrogen) atoms. The van der Waals surface area contributed by atoms with Crippen LogP contribution in [0.25, 0.3) is 0 Å². The monoisotopic (exact) mass is 341 g/mol. The molecule has 0 saturated carbocycles. The number of alkyl halides is 1. The minimum Gasteiger partial charge on any atom is -0.378 e. The summed E-state index contributed by atoms with van der Waals surface area (Å²) in [5, 5.41) is -0.144. The van der Waals surface area contributed by atoms with Gasteiger partial charge in [-0.3, -0.25) is 0 Å². The first-order chi connectivity index (χ1) is 9.37. The molecule has 8 heteroatoms. The van der Waals surface area contributed by atoms with Gasteiger partial charge in [0.2, 0.25) is 10.0 Å². The Bertz CT molecular complexity index is 609. The average Bonchev–Trinajstić information content (AvgIpc) is 2.41. The van der Waals surface area contributed by atoms with Crippen LogP contribution in [0.3, 0.4) is 0 Å². The second kappa shape index (κ2) is 6.15. The summed E-state index contributed by atoms with van der Waals surface area (Å²) in [4.78, 5) is -0.135. The molecule has 1 atom stereocenters. The van der Waals surface area contributed by atoms with Crippen molar-refractivity contribution in [1.29, 1.82) is 0 Å². The number of nitrogens with zero attached hydrogens (tertiary/aromatic N) is 1. The molecule has 1 aromatic carbocycles. The maximum Gasteiger partial charge on any atom is 0.243 e. The van der Waals surface area contributed by atoms with Crippen LogP contribution in [0.4, 0.5) is 4.39 Å². The van der Waals surface area contributed by atoms with Crippen LogP contribution >= 0.6 is 23.2 Å². The van der Waals surface area contributed by atoms with Gasteiger partial charge in [0.1, 0.15) is 5.82 Å². The van der Waals surface area contributed by atoms with Crippen LogP contribution in [0.5, 0.6) is 0 Å². The fourth-order valence-electron chi connectivity index (χ4n) is 2.07. The molecular weight excluding hydrogens is 328 g/mol. The van der Waals surface area contributed by atoms with Crippen molar-refractivity contribution in [3.8, 4) is 0 Å². The summed E-state index contributed by atoms with van der Waals surface area (Å²) in [5.41, 5.74) is 0.257. The molecule has 1 aliphatic rings. The van der Waals surface area contributed by atoms with Crippen LogP contribution in [0, 0.1) is 5.82 Å². The number of rotatable bonds is 3. The molecule has 0 aliphatic carbocycles. The Balaban J connectivity index is 2.46. The maximum atomic E-state index is 13.7. The van der Waals surface area contributed by atoms with Crippen molar-refractivity contribution in [2.24, 2.45) is 0 Å². The Labute approximate surface area is 127 Å². The van der Waals surface area contributed by atoms with Crippen LogP contribution in [0.1, 0.15) is 12.5 Å². The predicted molar refractivity (Wildman–Crippen MR) is 75.1 cm³/mol. The Morgan fingerprint density at radius 3 is 2.80 bits per heavy atom. The summed E-state index contributed by atoms with van der Waals surface area (Å²) in [6, 6.07) is 1.94. The van der Waals surface area contributed by atoms with Crippen molar-refractivity contribution in [2.45, 2.75) is 23.7 Å². The van der Waals surface area contributed by atoms with E-state index in [9.17, 15) is 12.8 Å². The van der Waals surface area contributed by atoms with E-state index in [0.717, 1.165) is 6.07 Å². The zero-order valence-electron chi connectivity index (χ0n) is 10.8. The number of hydrogen-bond acceptors (Lipinski definition) is 3. The summed E-state index contributed by atoms with van der Waals surface area (Å²) >= 11 is 11.4. The van der Waals surface area contributed by atoms with Gasteiger partial charge in [0, 0.05) is 18.5 Å². The topological polar surface area (TPSA) is 46.6 Å². The second-order valence-corrected chi connectivity index (χ2v) is 7.09. The molecule has 0 spiro atoms. The second-order valence-electron chi connectivity index (χ2n) is 4.55. The summed E-state index contributed by atoms with van der Waals surface area (Å²) in [6.45, 7) is 2.62. The van der Waals surface area contributed by atoms with E-state index in [-0.39, 0.29) is 33.9 Å². The molecule has 0 radical (unpaired) electrons. The van der Waals surface area contributed by atoms with E-state index in [1.54, 1.807) is 6.92 Å². The van der Waals surface area contributed by atoms with Crippen LogP contribution < -0.4 is 0 Å². The van der Waals surface area contributed by atoms with Gasteiger partial charge in [-0.2, -0.15) is 4.31 Å². The SMILES string of the molecule is CC1COCCN1S(=O)(=O)c1cc(F)c(Cl)c(CCl)c1. The standard InChI is InChI=1S/C12H14Cl2FNO3S/c1-8-7-19-3-2-16(8)20(17,18)10-4-9(6-13)12(14)11(15)5-10/h4-5,8H,2-3,6-7H2,1H3. The zero-order valence-corrected chi connectivity index (χ0v) is 13.1. The lowest BCUT2D eigenvalue weighted by molar-refractivity contribution is 0.0392. The van der Waals surface area contributed by atoms with E-state index in [0.29, 0.717) is 13.2 Å². The molecule has 112 valence electrons. The van der Waals surface area contributed by atoms with Gasteiger partial charge in [0.15, 0.2) is 0 Å². The highest BCUT2D eigenvalue weighted by molar-refractivity contribution is 7.89. The Hall–Kier alpha value is -0.400. The fourth-order valence-corrected chi connectivity index (χ4v) is 4.19. The van der Waals surface area contributed by atoms with E-state index in [4.69, 9.17) is 27.9 Å². The van der Waals surface area contributed by atoms with E-state index in [2.05, 4.69) is 0 Å². The highest BCUT2D eigenvalue weighted by atomic mass is 35.5. The van der Waals surface area contributed by atoms with Gasteiger partial charge in [-0.05, 0) is 24.6 Å². The van der Waals surface area contributed by atoms with Gasteiger partial charge in [-0.1, -0.05) is 11.6 Å². The van der Waals surface area contributed by atoms with Crippen molar-refractivity contribution < 1.29 is 17.5 Å². The largest absolute Gasteiger partial charge is 0.378 e. The summed E-state index contributed by atoms with van der Waals surface area (Å²) < 4.78 is 45.3. The third-order valence-corrected chi connectivity index (χ3v) is 5.84. The summed E-state index contributed by atoms with van der Waals surface area (Å²) in [7, 11) is -3.79. The smallest absolute Gasteiger partial charge is 0.243 e. The fraction of sp³-hybridized carbons (Fsp3) is 0.500. The van der Waals surface area contributed by atoms with Gasteiger partial charge in [0.05, 0.1) is 23.1 Å². The highest BCUT2D eigenvalue weighted by Crippen LogP contribution is 2.28. The molecule has 0 aromatic heterocycles. The molecular formula is C12H14Cl2FNO3S. The van der Waals surface area contributed by atoms with E-state index in [1.807, 2.05) is 0 Å². The molecule has 1 saturated heterocycles. The summed E-state index contributed by atoms with van der Waals surface area (Å²) in [6.07, 6.45) is 0. The van der Waals surface area contributed by atoms with Gasteiger partial charge in [-0.25, -0.2) is 12.8 Å². The molecule has 0 N–H and O–H groups in total. The van der Waals surface area contributed by atoms with Crippen LogP contribution in [-0.2, 0) is 20.6 Å². The molecule has 1 fully saturated rings. The Morgan fingerprint density at radius 2 is 2.20 bits per heavy atom. The number of halogens is 3. The Morgan fingerprint density at radius 1 is 1.50 bits per heavy atom. The average molecular weight is 342 g/mol. The molecule has 0 amide bonds. The van der Waals surface area contributed by atoms with E-state index < -0.39 is 15.8 Å². The number of ether oxygens (including phenoxy) is 1. The van der Waals surface area contributed by atoms with Crippen molar-refractivity contribution >= 4 is 33.2 Å². The molecule has 1 heterocycles. The first kappa shape index (κ1) is 16.0. The highest BCUT2D eigenvalue weighted by Gasteiger charge is 2.32. The van der Waals surface area contributed by atoms with Gasteiger partial charge >= 0.3 is 0 Å². The van der Waals surface area contributed by atoms with Crippen LogP contribution in [0.15, 0.2) is 17.0 Å². The first-order valence-electron chi connectivity index (χ1n) is 6.01. The van der Waals surface area contributed by atoms with E-state index >= 15 is 0 Å². The van der Waals surface area contributed by atoms with Gasteiger partial charge < -0.3 is 4.74 Å². The van der Waals surface area contributed by atoms with Gasteiger partial charge in [0.25, 0.3) is 0 Å². The third kappa shape index (κ3) is 2.94.